The number of carbonyl (C=O) groups is 3. The average Bonchev–Trinajstić information content (AvgIpc) is 3.30. The van der Waals surface area contributed by atoms with Crippen molar-refractivity contribution in [3.63, 3.8) is 0 Å². The van der Waals surface area contributed by atoms with Crippen LogP contribution in [0.15, 0.2) is 67.0 Å². The summed E-state index contributed by atoms with van der Waals surface area (Å²) in [5.41, 5.74) is 2.53. The zero-order chi connectivity index (χ0) is 23.1. The molecule has 3 aromatic rings. The molecule has 7 heteroatoms. The Morgan fingerprint density at radius 3 is 2.76 bits per heavy atom. The van der Waals surface area contributed by atoms with Gasteiger partial charge in [-0.25, -0.2) is 0 Å². The highest BCUT2D eigenvalue weighted by molar-refractivity contribution is 6.44. The molecule has 7 nitrogen and oxygen atoms in total. The summed E-state index contributed by atoms with van der Waals surface area (Å²) in [5, 5.41) is 10.1. The van der Waals surface area contributed by atoms with E-state index in [1.807, 2.05) is 6.92 Å². The van der Waals surface area contributed by atoms with Gasteiger partial charge < -0.3 is 14.7 Å². The standard InChI is InChI=1S/C26H22N2O5/c1-15-10-19-11-18(7-8-21(19)33-15)24(30)22-23(17-5-2-6-20(29)12-17)28(26(32)25(22)31)14-16-4-3-9-27-13-16/h2-9,11-13,15,22-23,29H,10,14H2,1H3. The largest absolute Gasteiger partial charge is 0.508 e. The molecule has 0 bridgehead atoms. The average molecular weight is 442 g/mol. The van der Waals surface area contributed by atoms with Gasteiger partial charge in [0.15, 0.2) is 5.78 Å². The van der Waals surface area contributed by atoms with Crippen LogP contribution in [0.5, 0.6) is 11.5 Å². The molecule has 1 fully saturated rings. The maximum absolute atomic E-state index is 13.6. The number of rotatable bonds is 5. The van der Waals surface area contributed by atoms with Crippen LogP contribution in [0.25, 0.3) is 0 Å². The van der Waals surface area contributed by atoms with Crippen LogP contribution in [0, 0.1) is 5.92 Å². The van der Waals surface area contributed by atoms with Crippen LogP contribution in [0.1, 0.15) is 40.0 Å². The molecule has 0 saturated carbocycles. The summed E-state index contributed by atoms with van der Waals surface area (Å²) in [6.07, 6.45) is 3.94. The molecule has 3 heterocycles. The van der Waals surface area contributed by atoms with Crippen LogP contribution in [0.2, 0.25) is 0 Å². The number of amides is 1. The number of likely N-dealkylation sites (tertiary alicyclic amines) is 1. The van der Waals surface area contributed by atoms with Crippen molar-refractivity contribution in [1.29, 1.82) is 0 Å². The van der Waals surface area contributed by atoms with E-state index in [0.29, 0.717) is 17.5 Å². The number of Topliss-reactive ketones (excluding diaryl/α,β-unsaturated/α-hetero) is 2. The van der Waals surface area contributed by atoms with E-state index < -0.39 is 29.4 Å². The number of hydrogen-bond donors (Lipinski definition) is 1. The molecule has 2 aliphatic heterocycles. The van der Waals surface area contributed by atoms with E-state index >= 15 is 0 Å². The highest BCUT2D eigenvalue weighted by Gasteiger charge is 2.51. The number of phenolic OH excluding ortho intramolecular Hbond substituents is 1. The van der Waals surface area contributed by atoms with E-state index in [0.717, 1.165) is 16.9 Å². The van der Waals surface area contributed by atoms with Crippen molar-refractivity contribution in [3.05, 3.63) is 89.2 Å². The second-order valence-electron chi connectivity index (χ2n) is 8.50. The fraction of sp³-hybridized carbons (Fsp3) is 0.231. The highest BCUT2D eigenvalue weighted by Crippen LogP contribution is 2.40. The van der Waals surface area contributed by atoms with Crippen LogP contribution in [-0.2, 0) is 22.6 Å². The quantitative estimate of drug-likeness (QED) is 0.370. The maximum atomic E-state index is 13.6. The van der Waals surface area contributed by atoms with Gasteiger partial charge in [0.05, 0.1) is 6.04 Å². The number of ether oxygens (including phenoxy) is 1. The van der Waals surface area contributed by atoms with Crippen LogP contribution in [0.4, 0.5) is 0 Å². The lowest BCUT2D eigenvalue weighted by atomic mass is 9.85. The molecule has 166 valence electrons. The number of aromatic hydroxyl groups is 1. The van der Waals surface area contributed by atoms with Gasteiger partial charge in [0.25, 0.3) is 5.91 Å². The predicted molar refractivity (Wildman–Crippen MR) is 119 cm³/mol. The van der Waals surface area contributed by atoms with Gasteiger partial charge in [-0.15, -0.1) is 0 Å². The lowest BCUT2D eigenvalue weighted by molar-refractivity contribution is -0.141. The van der Waals surface area contributed by atoms with Gasteiger partial charge in [-0.1, -0.05) is 18.2 Å². The van der Waals surface area contributed by atoms with E-state index in [1.165, 1.54) is 17.0 Å². The Balaban J connectivity index is 1.56. The van der Waals surface area contributed by atoms with E-state index in [9.17, 15) is 19.5 Å². The van der Waals surface area contributed by atoms with Crippen molar-refractivity contribution in [2.24, 2.45) is 5.92 Å². The minimum atomic E-state index is -1.21. The molecule has 3 unspecified atom stereocenters. The predicted octanol–water partition coefficient (Wildman–Crippen LogP) is 3.26. The number of phenols is 1. The molecule has 1 saturated heterocycles. The van der Waals surface area contributed by atoms with Crippen molar-refractivity contribution in [1.82, 2.24) is 9.88 Å². The Morgan fingerprint density at radius 1 is 1.15 bits per heavy atom. The molecule has 1 N–H and O–H groups in total. The minimum Gasteiger partial charge on any atom is -0.508 e. The van der Waals surface area contributed by atoms with Gasteiger partial charge in [-0.05, 0) is 60.0 Å². The molecule has 0 radical (unpaired) electrons. The fourth-order valence-electron chi connectivity index (χ4n) is 4.68. The van der Waals surface area contributed by atoms with Crippen molar-refractivity contribution in [3.8, 4) is 11.5 Å². The summed E-state index contributed by atoms with van der Waals surface area (Å²) in [6.45, 7) is 2.08. The SMILES string of the molecule is CC1Cc2cc(C(=O)C3C(=O)C(=O)N(Cc4cccnc4)C3c3cccc(O)c3)ccc2O1. The molecule has 33 heavy (non-hydrogen) atoms. The third-order valence-electron chi connectivity index (χ3n) is 6.16. The molecule has 5 rings (SSSR count). The number of aromatic nitrogens is 1. The summed E-state index contributed by atoms with van der Waals surface area (Å²) in [6, 6.07) is 14.2. The fourth-order valence-corrected chi connectivity index (χ4v) is 4.68. The van der Waals surface area contributed by atoms with E-state index in [4.69, 9.17) is 4.74 Å². The number of ketones is 2. The molecular formula is C26H22N2O5. The zero-order valence-corrected chi connectivity index (χ0v) is 18.0. The van der Waals surface area contributed by atoms with E-state index in [1.54, 1.807) is 54.9 Å². The maximum Gasteiger partial charge on any atom is 0.291 e. The minimum absolute atomic E-state index is 0.00417. The number of nitrogens with zero attached hydrogens (tertiary/aromatic N) is 2. The van der Waals surface area contributed by atoms with Crippen LogP contribution >= 0.6 is 0 Å². The molecule has 0 aliphatic carbocycles. The Labute approximate surface area is 190 Å². The van der Waals surface area contributed by atoms with Crippen LogP contribution < -0.4 is 4.74 Å². The number of carbonyl (C=O) groups excluding carboxylic acids is 3. The van der Waals surface area contributed by atoms with Gasteiger partial charge >= 0.3 is 0 Å². The summed E-state index contributed by atoms with van der Waals surface area (Å²) in [7, 11) is 0. The number of fused-ring (bicyclic) bond motifs is 1. The van der Waals surface area contributed by atoms with Gasteiger partial charge in [0.2, 0.25) is 5.78 Å². The monoisotopic (exact) mass is 442 g/mol. The molecule has 1 aromatic heterocycles. The van der Waals surface area contributed by atoms with Gasteiger partial charge in [-0.3, -0.25) is 19.4 Å². The summed E-state index contributed by atoms with van der Waals surface area (Å²) < 4.78 is 5.72. The lowest BCUT2D eigenvalue weighted by Gasteiger charge is -2.27. The zero-order valence-electron chi connectivity index (χ0n) is 18.0. The molecule has 1 amide bonds. The van der Waals surface area contributed by atoms with Crippen molar-refractivity contribution in [2.75, 3.05) is 0 Å². The molecule has 2 aliphatic rings. The molecule has 2 aromatic carbocycles. The number of pyridine rings is 1. The Morgan fingerprint density at radius 2 is 2.00 bits per heavy atom. The second kappa shape index (κ2) is 8.16. The normalized spacial score (nSPS) is 21.7. The van der Waals surface area contributed by atoms with E-state index in [-0.39, 0.29) is 18.4 Å². The third kappa shape index (κ3) is 3.75. The van der Waals surface area contributed by atoms with Crippen molar-refractivity contribution in [2.45, 2.75) is 32.0 Å². The third-order valence-corrected chi connectivity index (χ3v) is 6.16. The van der Waals surface area contributed by atoms with Crippen molar-refractivity contribution >= 4 is 17.5 Å². The molecule has 3 atom stereocenters. The Bertz CT molecular complexity index is 1260. The first-order valence-corrected chi connectivity index (χ1v) is 10.8. The van der Waals surface area contributed by atoms with Gasteiger partial charge in [0.1, 0.15) is 23.5 Å². The first-order chi connectivity index (χ1) is 15.9. The first kappa shape index (κ1) is 20.9. The van der Waals surface area contributed by atoms with Gasteiger partial charge in [0, 0.05) is 30.9 Å². The number of hydrogen-bond acceptors (Lipinski definition) is 6. The summed E-state index contributed by atoms with van der Waals surface area (Å²) in [4.78, 5) is 45.4. The Kier molecular flexibility index (Phi) is 5.17. The molecular weight excluding hydrogens is 420 g/mol. The Hall–Kier alpha value is -4.00. The highest BCUT2D eigenvalue weighted by atomic mass is 16.5. The summed E-state index contributed by atoms with van der Waals surface area (Å²) in [5.74, 6) is -2.37. The van der Waals surface area contributed by atoms with Crippen LogP contribution in [-0.4, -0.2) is 38.6 Å². The second-order valence-corrected chi connectivity index (χ2v) is 8.50. The number of benzene rings is 2. The van der Waals surface area contributed by atoms with Crippen molar-refractivity contribution < 1.29 is 24.2 Å². The summed E-state index contributed by atoms with van der Waals surface area (Å²) >= 11 is 0. The lowest BCUT2D eigenvalue weighted by Crippen LogP contribution is -2.30. The first-order valence-electron chi connectivity index (χ1n) is 10.8. The molecule has 0 spiro atoms. The van der Waals surface area contributed by atoms with Crippen LogP contribution in [0.3, 0.4) is 0 Å². The van der Waals surface area contributed by atoms with E-state index in [2.05, 4.69) is 4.98 Å². The smallest absolute Gasteiger partial charge is 0.291 e. The van der Waals surface area contributed by atoms with Gasteiger partial charge in [-0.2, -0.15) is 0 Å². The topological polar surface area (TPSA) is 96.8 Å².